The van der Waals surface area contributed by atoms with Crippen LogP contribution in [0.2, 0.25) is 0 Å². The Morgan fingerprint density at radius 1 is 1.60 bits per heavy atom. The van der Waals surface area contributed by atoms with Crippen molar-refractivity contribution in [3.63, 3.8) is 0 Å². The molecule has 0 unspecified atom stereocenters. The topological polar surface area (TPSA) is 109 Å². The predicted octanol–water partition coefficient (Wildman–Crippen LogP) is -1.45. The fraction of sp³-hybridized carbons (Fsp3) is 0.333. The highest BCUT2D eigenvalue weighted by Crippen LogP contribution is 2.26. The number of carbonyl (C=O) groups excluding carboxylic acids is 2. The van der Waals surface area contributed by atoms with Gasteiger partial charge in [0.2, 0.25) is 0 Å². The smallest absolute Gasteiger partial charge is 0.177 e. The zero-order valence-corrected chi connectivity index (χ0v) is 9.54. The minimum atomic E-state index is -1.47. The number of rotatable bonds is 5. The molecule has 6 nitrogen and oxygen atoms in total. The molecule has 0 amide bonds. The summed E-state index contributed by atoms with van der Waals surface area (Å²) in [5.41, 5.74) is 0. The number of nitrogens with zero attached hydrogens (tertiary/aromatic N) is 1. The molecule has 15 heavy (non-hydrogen) atoms. The minimum absolute atomic E-state index is 0.357. The van der Waals surface area contributed by atoms with Crippen LogP contribution in [0.5, 0.6) is 0 Å². The molecule has 1 aromatic heterocycles. The molecule has 0 spiro atoms. The van der Waals surface area contributed by atoms with E-state index < -0.39 is 23.6 Å². The molecule has 0 aliphatic carbocycles. The second-order valence-corrected chi connectivity index (χ2v) is 5.50. The van der Waals surface area contributed by atoms with Crippen LogP contribution >= 0.6 is 35.3 Å². The number of aromatic nitrogens is 2. The van der Waals surface area contributed by atoms with E-state index in [0.717, 1.165) is 23.1 Å². The zero-order chi connectivity index (χ0) is 11.4. The molecular weight excluding hydrogens is 260 g/mol. The Hall–Kier alpha value is -0.930. The fourth-order valence-electron chi connectivity index (χ4n) is 0.713. The maximum Gasteiger partial charge on any atom is 0.177 e. The van der Waals surface area contributed by atoms with Crippen molar-refractivity contribution in [3.05, 3.63) is 3.95 Å². The van der Waals surface area contributed by atoms with E-state index in [4.69, 9.17) is 12.2 Å². The number of H-pyrrole nitrogens is 1. The maximum atomic E-state index is 10.6. The van der Waals surface area contributed by atoms with E-state index >= 15 is 0 Å². The third-order valence-electron chi connectivity index (χ3n) is 1.28. The quantitative estimate of drug-likeness (QED) is 0.512. The third kappa shape index (κ3) is 3.98. The molecule has 0 fully saturated rings. The van der Waals surface area contributed by atoms with Gasteiger partial charge in [0.15, 0.2) is 8.29 Å². The molecule has 0 aliphatic rings. The van der Waals surface area contributed by atoms with Crippen molar-refractivity contribution in [3.8, 4) is 0 Å². The number of carboxylic acids is 2. The summed E-state index contributed by atoms with van der Waals surface area (Å²) in [6, 6.07) is 0. The molecule has 1 N–H and O–H groups in total. The number of hydrogen-bond acceptors (Lipinski definition) is 8. The second kappa shape index (κ2) is 5.24. The van der Waals surface area contributed by atoms with E-state index in [0.29, 0.717) is 8.29 Å². The average Bonchev–Trinajstić information content (AvgIpc) is 2.49. The van der Waals surface area contributed by atoms with Crippen LogP contribution in [0.4, 0.5) is 0 Å². The monoisotopic (exact) mass is 264 g/mol. The van der Waals surface area contributed by atoms with Crippen molar-refractivity contribution in [2.45, 2.75) is 16.0 Å². The number of carboxylic acid groups (broad SMARTS) is 2. The van der Waals surface area contributed by atoms with Crippen LogP contribution in [-0.4, -0.2) is 27.4 Å². The third-order valence-corrected chi connectivity index (χ3v) is 3.64. The highest BCUT2D eigenvalue weighted by molar-refractivity contribution is 8.02. The summed E-state index contributed by atoms with van der Waals surface area (Å²) in [7, 11) is 0. The van der Waals surface area contributed by atoms with Crippen molar-refractivity contribution in [2.24, 2.45) is 0 Å². The van der Waals surface area contributed by atoms with Crippen LogP contribution in [-0.2, 0) is 9.59 Å². The summed E-state index contributed by atoms with van der Waals surface area (Å²) in [6.07, 6.45) is -0.626. The first-order valence-electron chi connectivity index (χ1n) is 3.62. The molecule has 0 bridgehead atoms. The van der Waals surface area contributed by atoms with Gasteiger partial charge in [0.1, 0.15) is 0 Å². The van der Waals surface area contributed by atoms with Gasteiger partial charge in [-0.2, -0.15) is 5.10 Å². The molecule has 82 valence electrons. The normalized spacial score (nSPS) is 12.3. The summed E-state index contributed by atoms with van der Waals surface area (Å²) in [4.78, 5) is 20.8. The minimum Gasteiger partial charge on any atom is -0.550 e. The molecule has 1 atom stereocenters. The summed E-state index contributed by atoms with van der Waals surface area (Å²) in [6.45, 7) is 0. The maximum absolute atomic E-state index is 10.6. The Kier molecular flexibility index (Phi) is 4.24. The van der Waals surface area contributed by atoms with Crippen molar-refractivity contribution in [2.75, 3.05) is 0 Å². The van der Waals surface area contributed by atoms with Gasteiger partial charge in [-0.25, -0.2) is 0 Å². The molecule has 0 radical (unpaired) electrons. The van der Waals surface area contributed by atoms with E-state index in [2.05, 4.69) is 10.2 Å². The molecular formula is C6H4N2O4S3-2. The van der Waals surface area contributed by atoms with Gasteiger partial charge < -0.3 is 19.8 Å². The van der Waals surface area contributed by atoms with Gasteiger partial charge in [-0.1, -0.05) is 23.1 Å². The molecule has 0 aliphatic heterocycles. The molecule has 1 heterocycles. The van der Waals surface area contributed by atoms with Crippen LogP contribution in [0.1, 0.15) is 6.42 Å². The van der Waals surface area contributed by atoms with E-state index in [-0.39, 0.29) is 0 Å². The lowest BCUT2D eigenvalue weighted by Gasteiger charge is -2.15. The first-order valence-corrected chi connectivity index (χ1v) is 5.72. The predicted molar refractivity (Wildman–Crippen MR) is 51.6 cm³/mol. The summed E-state index contributed by atoms with van der Waals surface area (Å²) < 4.78 is 0.749. The standard InChI is InChI=1S/C6H6N2O4S3/c9-3(10)1-2(4(11)12)14-6-8-7-5(13)15-6/h2H,1H2,(H,7,13)(H,9,10)(H,11,12)/p-2/t2-/m1/s1. The Labute approximate surface area is 97.3 Å². The summed E-state index contributed by atoms with van der Waals surface area (Å²) >= 11 is 6.57. The number of thioether (sulfide) groups is 1. The van der Waals surface area contributed by atoms with E-state index in [1.807, 2.05) is 0 Å². The number of nitrogens with one attached hydrogen (secondary N) is 1. The Bertz CT molecular complexity index is 426. The second-order valence-electron chi connectivity index (χ2n) is 2.38. The number of hydrogen-bond donors (Lipinski definition) is 1. The van der Waals surface area contributed by atoms with Crippen LogP contribution in [0.15, 0.2) is 4.34 Å². The number of carbonyl (C=O) groups is 2. The van der Waals surface area contributed by atoms with Gasteiger partial charge in [-0.3, -0.25) is 5.10 Å². The Morgan fingerprint density at radius 2 is 2.27 bits per heavy atom. The zero-order valence-electron chi connectivity index (χ0n) is 7.09. The lowest BCUT2D eigenvalue weighted by atomic mass is 10.3. The summed E-state index contributed by atoms with van der Waals surface area (Å²) in [5, 5.41) is 25.7. The number of aliphatic carboxylic acids is 2. The molecule has 1 rings (SSSR count). The molecule has 0 saturated heterocycles. The van der Waals surface area contributed by atoms with Gasteiger partial charge >= 0.3 is 0 Å². The van der Waals surface area contributed by atoms with Gasteiger partial charge in [0.25, 0.3) is 0 Å². The van der Waals surface area contributed by atoms with Crippen LogP contribution in [0.3, 0.4) is 0 Å². The number of aromatic amines is 1. The first-order chi connectivity index (χ1) is 6.99. The van der Waals surface area contributed by atoms with E-state index in [9.17, 15) is 19.8 Å². The lowest BCUT2D eigenvalue weighted by molar-refractivity contribution is -0.314. The summed E-state index contributed by atoms with van der Waals surface area (Å²) in [5.74, 6) is -2.92. The largest absolute Gasteiger partial charge is 0.550 e. The van der Waals surface area contributed by atoms with Gasteiger partial charge in [-0.05, 0) is 12.2 Å². The van der Waals surface area contributed by atoms with Gasteiger partial charge in [0, 0.05) is 12.4 Å². The van der Waals surface area contributed by atoms with E-state index in [1.54, 1.807) is 0 Å². The van der Waals surface area contributed by atoms with Crippen molar-refractivity contribution in [1.29, 1.82) is 0 Å². The van der Waals surface area contributed by atoms with Crippen LogP contribution in [0.25, 0.3) is 0 Å². The van der Waals surface area contributed by atoms with Crippen LogP contribution in [0, 0.1) is 3.95 Å². The molecule has 1 aromatic rings. The van der Waals surface area contributed by atoms with E-state index in [1.165, 1.54) is 0 Å². The molecule has 9 heteroatoms. The SMILES string of the molecule is O=C([O-])C[C@@H](Sc1n[nH]c(=S)s1)C(=O)[O-]. The Balaban J connectivity index is 2.70. The van der Waals surface area contributed by atoms with Gasteiger partial charge in [0.05, 0.1) is 11.2 Å². The molecule has 0 aromatic carbocycles. The lowest BCUT2D eigenvalue weighted by Crippen LogP contribution is -2.38. The van der Waals surface area contributed by atoms with Crippen molar-refractivity contribution < 1.29 is 19.8 Å². The van der Waals surface area contributed by atoms with Crippen molar-refractivity contribution in [1.82, 2.24) is 10.2 Å². The highest BCUT2D eigenvalue weighted by atomic mass is 32.2. The van der Waals surface area contributed by atoms with Crippen molar-refractivity contribution >= 4 is 47.3 Å². The first kappa shape index (κ1) is 12.1. The van der Waals surface area contributed by atoms with Gasteiger partial charge in [-0.15, -0.1) is 0 Å². The Morgan fingerprint density at radius 3 is 2.67 bits per heavy atom. The fourth-order valence-corrected chi connectivity index (χ4v) is 2.94. The average molecular weight is 264 g/mol. The van der Waals surface area contributed by atoms with Crippen LogP contribution < -0.4 is 10.2 Å². The molecule has 0 saturated carbocycles. The highest BCUT2D eigenvalue weighted by Gasteiger charge is 2.14.